The van der Waals surface area contributed by atoms with E-state index in [1.165, 1.54) is 0 Å². The minimum absolute atomic E-state index is 0.103. The lowest BCUT2D eigenvalue weighted by atomic mass is 10.0. The Morgan fingerprint density at radius 3 is 2.00 bits per heavy atom. The molecule has 0 amide bonds. The monoisotopic (exact) mass is 459 g/mol. The van der Waals surface area contributed by atoms with Crippen molar-refractivity contribution in [2.45, 2.75) is 37.5 Å². The molecule has 1 aliphatic rings. The number of aryl methyl sites for hydroxylation is 2. The van der Waals surface area contributed by atoms with Gasteiger partial charge >= 0.3 is 0 Å². The summed E-state index contributed by atoms with van der Waals surface area (Å²) >= 11 is 0. The number of aromatic nitrogens is 2. The van der Waals surface area contributed by atoms with Gasteiger partial charge in [-0.25, -0.2) is 13.1 Å². The summed E-state index contributed by atoms with van der Waals surface area (Å²) in [5, 5.41) is 3.32. The average molecular weight is 460 g/mol. The lowest BCUT2D eigenvalue weighted by Crippen LogP contribution is -2.15. The summed E-state index contributed by atoms with van der Waals surface area (Å²) in [6.45, 7) is 3.92. The molecule has 6 nitrogen and oxygen atoms in total. The molecule has 0 spiro atoms. The molecule has 33 heavy (non-hydrogen) atoms. The predicted molar refractivity (Wildman–Crippen MR) is 131 cm³/mol. The Kier molecular flexibility index (Phi) is 5.21. The number of hydrogen-bond acceptors (Lipinski definition) is 3. The number of H-pyrrole nitrogens is 1. The molecule has 1 aliphatic carbocycles. The van der Waals surface area contributed by atoms with Gasteiger partial charge in [0.15, 0.2) is 0 Å². The van der Waals surface area contributed by atoms with Crippen molar-refractivity contribution in [3.63, 3.8) is 0 Å². The largest absolute Gasteiger partial charge is 0.294 e. The van der Waals surface area contributed by atoms with E-state index in [4.69, 9.17) is 0 Å². The Morgan fingerprint density at radius 1 is 0.848 bits per heavy atom. The molecule has 1 heterocycles. The van der Waals surface area contributed by atoms with Crippen molar-refractivity contribution in [3.8, 4) is 16.8 Å². The molecular formula is C26H25N3O3S. The van der Waals surface area contributed by atoms with Gasteiger partial charge in [-0.1, -0.05) is 47.5 Å². The summed E-state index contributed by atoms with van der Waals surface area (Å²) in [4.78, 5) is 13.6. The molecule has 1 aromatic heterocycles. The summed E-state index contributed by atoms with van der Waals surface area (Å²) in [5.74, 6) is 0.346. The molecule has 5 rings (SSSR count). The van der Waals surface area contributed by atoms with Crippen LogP contribution in [0.4, 0.5) is 5.69 Å². The average Bonchev–Trinajstić information content (AvgIpc) is 3.58. The third-order valence-electron chi connectivity index (χ3n) is 5.95. The molecule has 0 atom stereocenters. The molecule has 7 heteroatoms. The van der Waals surface area contributed by atoms with Crippen LogP contribution in [0.1, 0.15) is 35.6 Å². The van der Waals surface area contributed by atoms with E-state index in [1.54, 1.807) is 53.2 Å². The molecule has 0 saturated heterocycles. The lowest BCUT2D eigenvalue weighted by molar-refractivity contribution is 0.601. The van der Waals surface area contributed by atoms with Gasteiger partial charge in [0.2, 0.25) is 0 Å². The Labute approximate surface area is 193 Å². The van der Waals surface area contributed by atoms with Crippen LogP contribution in [0.15, 0.2) is 82.5 Å². The van der Waals surface area contributed by atoms with Crippen LogP contribution in [-0.4, -0.2) is 18.2 Å². The zero-order valence-corrected chi connectivity index (χ0v) is 19.3. The van der Waals surface area contributed by atoms with Crippen molar-refractivity contribution >= 4 is 15.7 Å². The minimum Gasteiger partial charge on any atom is -0.294 e. The van der Waals surface area contributed by atoms with Crippen LogP contribution in [0.3, 0.4) is 0 Å². The fraction of sp³-hybridized carbons (Fsp3) is 0.192. The topological polar surface area (TPSA) is 84.0 Å². The Bertz CT molecular complexity index is 1460. The van der Waals surface area contributed by atoms with Crippen molar-refractivity contribution in [1.29, 1.82) is 0 Å². The Hall–Kier alpha value is -3.58. The van der Waals surface area contributed by atoms with Crippen molar-refractivity contribution in [2.24, 2.45) is 0 Å². The van der Waals surface area contributed by atoms with Gasteiger partial charge in [0, 0.05) is 17.3 Å². The molecule has 4 aromatic rings. The standard InChI is InChI=1S/C26H25N3O3S/c1-17-3-13-22(14-4-17)29-26(30)24(25(27-29)20-7-8-20)19-9-11-21(12-10-19)28-33(31,32)23-15-5-18(2)6-16-23/h3-6,9-16,20,27-28H,7-8H2,1-2H3. The number of anilines is 1. The van der Waals surface area contributed by atoms with E-state index in [1.807, 2.05) is 38.1 Å². The van der Waals surface area contributed by atoms with E-state index in [-0.39, 0.29) is 10.5 Å². The van der Waals surface area contributed by atoms with E-state index in [0.29, 0.717) is 17.2 Å². The predicted octanol–water partition coefficient (Wildman–Crippen LogP) is 5.13. The summed E-state index contributed by atoms with van der Waals surface area (Å²) in [7, 11) is -3.68. The van der Waals surface area contributed by atoms with E-state index in [9.17, 15) is 13.2 Å². The van der Waals surface area contributed by atoms with Crippen molar-refractivity contribution in [1.82, 2.24) is 9.78 Å². The van der Waals surface area contributed by atoms with Crippen molar-refractivity contribution in [3.05, 3.63) is 100.0 Å². The fourth-order valence-electron chi connectivity index (χ4n) is 3.91. The Morgan fingerprint density at radius 2 is 1.42 bits per heavy atom. The van der Waals surface area contributed by atoms with Crippen LogP contribution in [-0.2, 0) is 10.0 Å². The highest BCUT2D eigenvalue weighted by atomic mass is 32.2. The molecule has 1 fully saturated rings. The van der Waals surface area contributed by atoms with Gasteiger partial charge in [-0.2, -0.15) is 0 Å². The van der Waals surface area contributed by atoms with Crippen LogP contribution in [0, 0.1) is 13.8 Å². The van der Waals surface area contributed by atoms with E-state index in [2.05, 4.69) is 9.82 Å². The minimum atomic E-state index is -3.68. The Balaban J connectivity index is 1.47. The second kappa shape index (κ2) is 8.08. The molecule has 3 aromatic carbocycles. The first kappa shape index (κ1) is 21.3. The first-order chi connectivity index (χ1) is 15.8. The van der Waals surface area contributed by atoms with Gasteiger partial charge in [-0.05, 0) is 68.7 Å². The third-order valence-corrected chi connectivity index (χ3v) is 7.35. The summed E-state index contributed by atoms with van der Waals surface area (Å²) in [6.07, 6.45) is 2.10. The molecule has 0 aliphatic heterocycles. The SMILES string of the molecule is Cc1ccc(-n2[nH]c(C3CC3)c(-c3ccc(NS(=O)(=O)c4ccc(C)cc4)cc3)c2=O)cc1. The van der Waals surface area contributed by atoms with Gasteiger partial charge in [0.05, 0.1) is 16.1 Å². The third kappa shape index (κ3) is 4.24. The lowest BCUT2D eigenvalue weighted by Gasteiger charge is -2.09. The van der Waals surface area contributed by atoms with Crippen LogP contribution in [0.25, 0.3) is 16.8 Å². The summed E-state index contributed by atoms with van der Waals surface area (Å²) in [6, 6.07) is 21.5. The highest BCUT2D eigenvalue weighted by Crippen LogP contribution is 2.42. The molecule has 2 N–H and O–H groups in total. The molecule has 1 saturated carbocycles. The van der Waals surface area contributed by atoms with Crippen molar-refractivity contribution in [2.75, 3.05) is 4.72 Å². The van der Waals surface area contributed by atoms with E-state index in [0.717, 1.165) is 40.9 Å². The highest BCUT2D eigenvalue weighted by molar-refractivity contribution is 7.92. The van der Waals surface area contributed by atoms with Crippen LogP contribution < -0.4 is 10.3 Å². The maximum Gasteiger partial charge on any atom is 0.279 e. The first-order valence-corrected chi connectivity index (χ1v) is 12.4. The summed E-state index contributed by atoms with van der Waals surface area (Å²) in [5.41, 5.74) is 5.61. The highest BCUT2D eigenvalue weighted by Gasteiger charge is 2.31. The molecule has 0 bridgehead atoms. The number of aromatic amines is 1. The van der Waals surface area contributed by atoms with Crippen LogP contribution in [0.2, 0.25) is 0 Å². The number of rotatable bonds is 6. The van der Waals surface area contributed by atoms with Gasteiger partial charge in [0.25, 0.3) is 15.6 Å². The zero-order valence-electron chi connectivity index (χ0n) is 18.5. The number of nitrogens with one attached hydrogen (secondary N) is 2. The molecule has 168 valence electrons. The summed E-state index contributed by atoms with van der Waals surface area (Å²) < 4.78 is 29.6. The molecular weight excluding hydrogens is 434 g/mol. The van der Waals surface area contributed by atoms with Gasteiger partial charge in [-0.3, -0.25) is 14.6 Å². The van der Waals surface area contributed by atoms with Gasteiger partial charge in [0.1, 0.15) is 0 Å². The first-order valence-electron chi connectivity index (χ1n) is 10.9. The maximum atomic E-state index is 13.4. The molecule has 0 unspecified atom stereocenters. The van der Waals surface area contributed by atoms with Crippen molar-refractivity contribution < 1.29 is 8.42 Å². The van der Waals surface area contributed by atoms with E-state index < -0.39 is 10.0 Å². The quantitative estimate of drug-likeness (QED) is 0.419. The fourth-order valence-corrected chi connectivity index (χ4v) is 4.97. The second-order valence-electron chi connectivity index (χ2n) is 8.65. The van der Waals surface area contributed by atoms with Crippen LogP contribution >= 0.6 is 0 Å². The van der Waals surface area contributed by atoms with Gasteiger partial charge in [-0.15, -0.1) is 0 Å². The smallest absolute Gasteiger partial charge is 0.279 e. The maximum absolute atomic E-state index is 13.4. The number of benzene rings is 3. The van der Waals surface area contributed by atoms with Gasteiger partial charge < -0.3 is 0 Å². The zero-order chi connectivity index (χ0) is 23.2. The number of sulfonamides is 1. The second-order valence-corrected chi connectivity index (χ2v) is 10.3. The number of nitrogens with zero attached hydrogens (tertiary/aromatic N) is 1. The van der Waals surface area contributed by atoms with Crippen LogP contribution in [0.5, 0.6) is 0 Å². The van der Waals surface area contributed by atoms with E-state index >= 15 is 0 Å². The number of hydrogen-bond donors (Lipinski definition) is 2. The normalized spacial score (nSPS) is 13.8. The molecule has 0 radical (unpaired) electrons.